The predicted molar refractivity (Wildman–Crippen MR) is 107 cm³/mol. The first kappa shape index (κ1) is 16.2. The van der Waals surface area contributed by atoms with Gasteiger partial charge in [0.05, 0.1) is 23.4 Å². The van der Waals surface area contributed by atoms with Crippen LogP contribution in [0.25, 0.3) is 16.5 Å². The molecule has 0 saturated carbocycles. The summed E-state index contributed by atoms with van der Waals surface area (Å²) < 4.78 is 0. The quantitative estimate of drug-likeness (QED) is 0.672. The number of anilines is 1. The lowest BCUT2D eigenvalue weighted by molar-refractivity contribution is -0.118. The number of nitrogens with zero attached hydrogens (tertiary/aromatic N) is 2. The summed E-state index contributed by atoms with van der Waals surface area (Å²) in [4.78, 5) is 22.1. The van der Waals surface area contributed by atoms with E-state index >= 15 is 0 Å². The van der Waals surface area contributed by atoms with Crippen LogP contribution in [0.4, 0.5) is 5.69 Å². The standard InChI is InChI=1S/C23H21N3O/c1-23(2)10-16-20-15-7-3-4-8-17(15)25-13-18(20)26-22(21(16)19(27)11-23)14-6-5-9-24-12-14/h3-9,12-13,22,26H,10-11H2,1-2H3. The number of Topliss-reactive ketones (excluding diaryl/α,β-unsaturated/α-hetero) is 1. The van der Waals surface area contributed by atoms with Crippen LogP contribution in [0.2, 0.25) is 0 Å². The van der Waals surface area contributed by atoms with E-state index in [0.717, 1.165) is 45.3 Å². The van der Waals surface area contributed by atoms with Crippen LogP contribution in [0.15, 0.2) is 60.6 Å². The molecule has 4 nitrogen and oxygen atoms in total. The van der Waals surface area contributed by atoms with Crippen LogP contribution in [-0.4, -0.2) is 15.8 Å². The van der Waals surface area contributed by atoms with Crippen molar-refractivity contribution in [3.05, 3.63) is 71.7 Å². The molecule has 1 aliphatic carbocycles. The van der Waals surface area contributed by atoms with Gasteiger partial charge in [0.1, 0.15) is 0 Å². The average molecular weight is 355 g/mol. The second kappa shape index (κ2) is 5.74. The first-order valence-electron chi connectivity index (χ1n) is 9.34. The third-order valence-corrected chi connectivity index (χ3v) is 5.60. The van der Waals surface area contributed by atoms with Crippen molar-refractivity contribution in [3.63, 3.8) is 0 Å². The Morgan fingerprint density at radius 2 is 1.93 bits per heavy atom. The SMILES string of the molecule is CC1(C)CC(=O)C2=C(C1)c1c(cnc3ccccc13)NC2c1cccnc1. The number of para-hydroxylation sites is 1. The molecule has 0 bridgehead atoms. The van der Waals surface area contributed by atoms with Gasteiger partial charge in [0.15, 0.2) is 5.78 Å². The van der Waals surface area contributed by atoms with Crippen molar-refractivity contribution in [3.8, 4) is 0 Å². The number of nitrogens with one attached hydrogen (secondary N) is 1. The maximum Gasteiger partial charge on any atom is 0.162 e. The monoisotopic (exact) mass is 355 g/mol. The first-order valence-corrected chi connectivity index (χ1v) is 9.34. The number of pyridine rings is 2. The number of hydrogen-bond acceptors (Lipinski definition) is 4. The number of ketones is 1. The highest BCUT2D eigenvalue weighted by molar-refractivity contribution is 6.12. The molecular formula is C23H21N3O. The summed E-state index contributed by atoms with van der Waals surface area (Å²) in [7, 11) is 0. The smallest absolute Gasteiger partial charge is 0.162 e. The third-order valence-electron chi connectivity index (χ3n) is 5.60. The molecule has 3 heterocycles. The largest absolute Gasteiger partial charge is 0.372 e. The number of hydrogen-bond donors (Lipinski definition) is 1. The van der Waals surface area contributed by atoms with Crippen LogP contribution in [0.3, 0.4) is 0 Å². The fourth-order valence-corrected chi connectivity index (χ4v) is 4.49. The van der Waals surface area contributed by atoms with E-state index in [1.54, 1.807) is 6.20 Å². The summed E-state index contributed by atoms with van der Waals surface area (Å²) in [5.41, 5.74) is 6.11. The van der Waals surface area contributed by atoms with Crippen LogP contribution in [0.1, 0.15) is 43.9 Å². The molecule has 3 aromatic rings. The van der Waals surface area contributed by atoms with Gasteiger partial charge in [-0.3, -0.25) is 14.8 Å². The van der Waals surface area contributed by atoms with E-state index in [1.165, 1.54) is 0 Å². The second-order valence-electron chi connectivity index (χ2n) is 8.26. The van der Waals surface area contributed by atoms with Crippen LogP contribution in [0.5, 0.6) is 0 Å². The Labute approximate surface area is 158 Å². The molecule has 1 unspecified atom stereocenters. The van der Waals surface area contributed by atoms with Gasteiger partial charge in [0.2, 0.25) is 0 Å². The Morgan fingerprint density at radius 3 is 2.74 bits per heavy atom. The molecule has 4 heteroatoms. The van der Waals surface area contributed by atoms with Crippen molar-refractivity contribution < 1.29 is 4.79 Å². The molecule has 0 saturated heterocycles. The summed E-state index contributed by atoms with van der Waals surface area (Å²) in [6, 6.07) is 11.9. The van der Waals surface area contributed by atoms with Gasteiger partial charge < -0.3 is 5.32 Å². The Kier molecular flexibility index (Phi) is 3.44. The minimum absolute atomic E-state index is 0.0472. The lowest BCUT2D eigenvalue weighted by Gasteiger charge is -2.39. The highest BCUT2D eigenvalue weighted by Gasteiger charge is 2.40. The van der Waals surface area contributed by atoms with E-state index in [1.807, 2.05) is 42.7 Å². The van der Waals surface area contributed by atoms with Gasteiger partial charge >= 0.3 is 0 Å². The van der Waals surface area contributed by atoms with Crippen molar-refractivity contribution in [2.75, 3.05) is 5.32 Å². The Balaban J connectivity index is 1.82. The summed E-state index contributed by atoms with van der Waals surface area (Å²) in [5.74, 6) is 0.231. The molecule has 1 atom stereocenters. The zero-order chi connectivity index (χ0) is 18.6. The fourth-order valence-electron chi connectivity index (χ4n) is 4.49. The van der Waals surface area contributed by atoms with Gasteiger partial charge in [-0.15, -0.1) is 0 Å². The van der Waals surface area contributed by atoms with Gasteiger partial charge in [-0.25, -0.2) is 0 Å². The number of carbonyl (C=O) groups is 1. The normalized spacial score (nSPS) is 20.8. The van der Waals surface area contributed by atoms with E-state index in [2.05, 4.69) is 35.2 Å². The zero-order valence-electron chi connectivity index (χ0n) is 15.5. The Hall–Kier alpha value is -3.01. The van der Waals surface area contributed by atoms with Gasteiger partial charge in [-0.05, 0) is 35.1 Å². The highest BCUT2D eigenvalue weighted by Crippen LogP contribution is 2.51. The van der Waals surface area contributed by atoms with E-state index in [0.29, 0.717) is 6.42 Å². The summed E-state index contributed by atoms with van der Waals surface area (Å²) in [5, 5.41) is 4.68. The molecule has 0 spiro atoms. The van der Waals surface area contributed by atoms with Gasteiger partial charge in [0.25, 0.3) is 0 Å². The number of fused-ring (bicyclic) bond motifs is 4. The molecule has 27 heavy (non-hydrogen) atoms. The van der Waals surface area contributed by atoms with Crippen molar-refractivity contribution in [1.82, 2.24) is 9.97 Å². The Bertz CT molecular complexity index is 1100. The van der Waals surface area contributed by atoms with E-state index in [-0.39, 0.29) is 17.2 Å². The van der Waals surface area contributed by atoms with Crippen LogP contribution in [-0.2, 0) is 4.79 Å². The van der Waals surface area contributed by atoms with Crippen molar-refractivity contribution in [2.45, 2.75) is 32.7 Å². The maximum absolute atomic E-state index is 13.2. The van der Waals surface area contributed by atoms with Gasteiger partial charge in [-0.2, -0.15) is 0 Å². The summed E-state index contributed by atoms with van der Waals surface area (Å²) >= 11 is 0. The zero-order valence-corrected chi connectivity index (χ0v) is 15.5. The minimum atomic E-state index is -0.173. The average Bonchev–Trinajstić information content (AvgIpc) is 2.66. The molecule has 5 rings (SSSR count). The molecular weight excluding hydrogens is 334 g/mol. The third kappa shape index (κ3) is 2.55. The van der Waals surface area contributed by atoms with Crippen molar-refractivity contribution in [2.24, 2.45) is 5.41 Å². The molecule has 1 N–H and O–H groups in total. The van der Waals surface area contributed by atoms with E-state index < -0.39 is 0 Å². The molecule has 0 fully saturated rings. The number of rotatable bonds is 1. The molecule has 134 valence electrons. The minimum Gasteiger partial charge on any atom is -0.372 e. The van der Waals surface area contributed by atoms with Gasteiger partial charge in [0, 0.05) is 35.3 Å². The van der Waals surface area contributed by atoms with Gasteiger partial charge in [-0.1, -0.05) is 38.1 Å². The lowest BCUT2D eigenvalue weighted by Crippen LogP contribution is -2.33. The lowest BCUT2D eigenvalue weighted by atomic mass is 9.68. The predicted octanol–water partition coefficient (Wildman–Crippen LogP) is 4.94. The summed E-state index contributed by atoms with van der Waals surface area (Å²) in [6.45, 7) is 4.36. The fraction of sp³-hybridized carbons (Fsp3) is 0.261. The Morgan fingerprint density at radius 1 is 1.07 bits per heavy atom. The molecule has 2 aromatic heterocycles. The van der Waals surface area contributed by atoms with E-state index in [9.17, 15) is 4.79 Å². The molecule has 0 amide bonds. The number of carbonyl (C=O) groups excluding carboxylic acids is 1. The molecule has 2 aliphatic rings. The molecule has 1 aromatic carbocycles. The van der Waals surface area contributed by atoms with E-state index in [4.69, 9.17) is 0 Å². The number of aromatic nitrogens is 2. The van der Waals surface area contributed by atoms with Crippen LogP contribution < -0.4 is 5.32 Å². The highest BCUT2D eigenvalue weighted by atomic mass is 16.1. The first-order chi connectivity index (χ1) is 13.0. The van der Waals surface area contributed by atoms with Crippen LogP contribution in [0, 0.1) is 5.41 Å². The second-order valence-corrected chi connectivity index (χ2v) is 8.26. The number of allylic oxidation sites excluding steroid dienone is 1. The molecule has 1 aliphatic heterocycles. The van der Waals surface area contributed by atoms with Crippen LogP contribution >= 0.6 is 0 Å². The maximum atomic E-state index is 13.2. The van der Waals surface area contributed by atoms with Crippen molar-refractivity contribution in [1.29, 1.82) is 0 Å². The number of benzene rings is 1. The van der Waals surface area contributed by atoms with Crippen molar-refractivity contribution >= 4 is 27.9 Å². The topological polar surface area (TPSA) is 54.9 Å². The summed E-state index contributed by atoms with van der Waals surface area (Å²) in [6.07, 6.45) is 6.96. The molecule has 0 radical (unpaired) electrons.